The number of nitrogens with one attached hydrogen (secondary N) is 1. The number of carbonyl (C=O) groups excluding carboxylic acids is 2. The molecule has 0 rings (SSSR count). The number of hydrogen-bond donors (Lipinski definition) is 3. The van der Waals surface area contributed by atoms with Gasteiger partial charge in [0.05, 0.1) is 25.2 Å². The van der Waals surface area contributed by atoms with Crippen LogP contribution in [0, 0.1) is 0 Å². The fraction of sp³-hybridized carbons (Fsp3) is 0.673. The number of allylic oxidation sites excluding steroid dienone is 16. The van der Waals surface area contributed by atoms with E-state index in [2.05, 4.69) is 123 Å². The van der Waals surface area contributed by atoms with Crippen molar-refractivity contribution in [3.63, 3.8) is 0 Å². The zero-order chi connectivity index (χ0) is 44.5. The third-order valence-corrected chi connectivity index (χ3v) is 10.7. The van der Waals surface area contributed by atoms with Crippen LogP contribution in [-0.2, 0) is 14.3 Å². The number of amides is 1. The lowest BCUT2D eigenvalue weighted by atomic mass is 10.0. The van der Waals surface area contributed by atoms with E-state index in [4.69, 9.17) is 4.74 Å². The molecule has 3 unspecified atom stereocenters. The number of unbranched alkanes of at least 4 members (excludes halogenated alkanes) is 15. The van der Waals surface area contributed by atoms with Crippen molar-refractivity contribution in [3.8, 4) is 0 Å². The third kappa shape index (κ3) is 43.2. The number of carbonyl (C=O) groups is 2. The Bertz CT molecular complexity index is 1220. The maximum Gasteiger partial charge on any atom is 0.306 e. The highest BCUT2D eigenvalue weighted by molar-refractivity contribution is 5.77. The van der Waals surface area contributed by atoms with Crippen molar-refractivity contribution in [2.24, 2.45) is 0 Å². The molecular formula is C55H93NO5. The van der Waals surface area contributed by atoms with Crippen molar-refractivity contribution in [2.45, 2.75) is 232 Å². The molecule has 0 aromatic carbocycles. The van der Waals surface area contributed by atoms with Gasteiger partial charge in [0.1, 0.15) is 6.10 Å². The lowest BCUT2D eigenvalue weighted by molar-refractivity contribution is -0.151. The van der Waals surface area contributed by atoms with Gasteiger partial charge in [-0.1, -0.05) is 201 Å². The molecule has 0 aromatic heterocycles. The van der Waals surface area contributed by atoms with Crippen LogP contribution in [0.25, 0.3) is 0 Å². The van der Waals surface area contributed by atoms with Gasteiger partial charge in [0.15, 0.2) is 0 Å². The molecule has 6 nitrogen and oxygen atoms in total. The Hall–Kier alpha value is -3.22. The Kier molecular flexibility index (Phi) is 45.3. The standard InChI is InChI=1S/C55H93NO5/c1-4-7-10-13-16-19-22-24-26-27-28-29-32-34-37-40-43-46-51(61-55(60)48-45-42-39-36-33-30-25-23-20-17-14-11-8-5-2)49-54(59)56-52(50-57)53(58)47-44-41-38-35-31-21-18-15-12-9-6-3/h7-8,10-11,16-17,19-20,24-26,28-30,34,37,51-53,57-58H,4-6,9,12-15,18,21-23,27,31-33,35-36,38-50H2,1-3H3,(H,56,59)/b10-7-,11-8+,19-16-,20-17+,26-24-,29-28-,30-25+,37-34-. The summed E-state index contributed by atoms with van der Waals surface area (Å²) in [5.74, 6) is -0.565. The lowest BCUT2D eigenvalue weighted by Crippen LogP contribution is -2.46. The highest BCUT2D eigenvalue weighted by Crippen LogP contribution is 2.16. The van der Waals surface area contributed by atoms with Crippen LogP contribution in [0.3, 0.4) is 0 Å². The summed E-state index contributed by atoms with van der Waals surface area (Å²) in [4.78, 5) is 26.1. The van der Waals surface area contributed by atoms with Crippen molar-refractivity contribution in [3.05, 3.63) is 97.2 Å². The highest BCUT2D eigenvalue weighted by atomic mass is 16.5. The van der Waals surface area contributed by atoms with Crippen molar-refractivity contribution < 1.29 is 24.5 Å². The predicted molar refractivity (Wildman–Crippen MR) is 264 cm³/mol. The number of aliphatic hydroxyl groups excluding tert-OH is 2. The summed E-state index contributed by atoms with van der Waals surface area (Å²) in [6.45, 7) is 6.21. The molecule has 0 aliphatic heterocycles. The monoisotopic (exact) mass is 848 g/mol. The number of esters is 1. The minimum atomic E-state index is -0.811. The molecule has 0 heterocycles. The molecule has 0 fully saturated rings. The Morgan fingerprint density at radius 3 is 1.38 bits per heavy atom. The summed E-state index contributed by atoms with van der Waals surface area (Å²) in [6, 6.07) is -0.729. The first-order valence-corrected chi connectivity index (χ1v) is 25.0. The van der Waals surface area contributed by atoms with Crippen molar-refractivity contribution in [1.29, 1.82) is 0 Å². The lowest BCUT2D eigenvalue weighted by Gasteiger charge is -2.24. The second kappa shape index (κ2) is 47.8. The van der Waals surface area contributed by atoms with Crippen LogP contribution >= 0.6 is 0 Å². The number of hydrogen-bond acceptors (Lipinski definition) is 5. The molecule has 0 aliphatic rings. The molecule has 0 aliphatic carbocycles. The van der Waals surface area contributed by atoms with Crippen LogP contribution in [0.1, 0.15) is 213 Å². The van der Waals surface area contributed by atoms with Gasteiger partial charge in [-0.15, -0.1) is 0 Å². The van der Waals surface area contributed by atoms with E-state index in [0.717, 1.165) is 116 Å². The van der Waals surface area contributed by atoms with Crippen LogP contribution < -0.4 is 5.32 Å². The largest absolute Gasteiger partial charge is 0.462 e. The van der Waals surface area contributed by atoms with Crippen LogP contribution in [0.5, 0.6) is 0 Å². The molecule has 61 heavy (non-hydrogen) atoms. The summed E-state index contributed by atoms with van der Waals surface area (Å²) < 4.78 is 5.89. The zero-order valence-electron chi connectivity index (χ0n) is 39.5. The van der Waals surface area contributed by atoms with Gasteiger partial charge in [-0.05, 0) is 96.3 Å². The number of ether oxygens (including phenoxy) is 1. The van der Waals surface area contributed by atoms with Crippen LogP contribution in [0.2, 0.25) is 0 Å². The fourth-order valence-electron chi connectivity index (χ4n) is 6.95. The van der Waals surface area contributed by atoms with Crippen LogP contribution in [-0.4, -0.2) is 46.9 Å². The SMILES string of the molecule is CC/C=C\C/C=C\C/C=C\C/C=C\C/C=C\CCCC(CC(=O)NC(CO)C(O)CCCCCCCCCCCCC)OC(=O)CCCCCC/C=C/C/C=C/C/C=C/CC. The van der Waals surface area contributed by atoms with E-state index in [-0.39, 0.29) is 24.9 Å². The third-order valence-electron chi connectivity index (χ3n) is 10.7. The van der Waals surface area contributed by atoms with Gasteiger partial charge < -0.3 is 20.3 Å². The normalized spacial score (nSPS) is 14.1. The molecular weight excluding hydrogens is 755 g/mol. The zero-order valence-corrected chi connectivity index (χ0v) is 39.5. The Morgan fingerprint density at radius 1 is 0.492 bits per heavy atom. The van der Waals surface area contributed by atoms with Crippen molar-refractivity contribution >= 4 is 11.9 Å². The van der Waals surface area contributed by atoms with Gasteiger partial charge in [-0.25, -0.2) is 0 Å². The molecule has 348 valence electrons. The minimum absolute atomic E-state index is 0.0238. The molecule has 0 saturated heterocycles. The molecule has 0 aromatic rings. The Labute approximate surface area is 376 Å². The van der Waals surface area contributed by atoms with Gasteiger partial charge in [0.25, 0.3) is 0 Å². The maximum atomic E-state index is 13.2. The predicted octanol–water partition coefficient (Wildman–Crippen LogP) is 14.9. The molecule has 0 saturated carbocycles. The van der Waals surface area contributed by atoms with Crippen molar-refractivity contribution in [1.82, 2.24) is 5.32 Å². The molecule has 6 heteroatoms. The first-order valence-electron chi connectivity index (χ1n) is 25.0. The second-order valence-electron chi connectivity index (χ2n) is 16.4. The topological polar surface area (TPSA) is 95.9 Å². The summed E-state index contributed by atoms with van der Waals surface area (Å²) in [6.07, 6.45) is 63.2. The highest BCUT2D eigenvalue weighted by Gasteiger charge is 2.24. The summed E-state index contributed by atoms with van der Waals surface area (Å²) in [7, 11) is 0. The van der Waals surface area contributed by atoms with Crippen LogP contribution in [0.4, 0.5) is 0 Å². The van der Waals surface area contributed by atoms with E-state index >= 15 is 0 Å². The quantitative estimate of drug-likeness (QED) is 0.0323. The minimum Gasteiger partial charge on any atom is -0.462 e. The van der Waals surface area contributed by atoms with Gasteiger partial charge in [-0.2, -0.15) is 0 Å². The average Bonchev–Trinajstić information content (AvgIpc) is 3.25. The van der Waals surface area contributed by atoms with E-state index < -0.39 is 18.2 Å². The smallest absolute Gasteiger partial charge is 0.306 e. The van der Waals surface area contributed by atoms with Gasteiger partial charge in [0, 0.05) is 6.42 Å². The number of aliphatic hydroxyl groups is 2. The van der Waals surface area contributed by atoms with E-state index in [1.54, 1.807) is 0 Å². The summed E-state index contributed by atoms with van der Waals surface area (Å²) in [5.41, 5.74) is 0. The van der Waals surface area contributed by atoms with E-state index in [1.807, 2.05) is 0 Å². The first kappa shape index (κ1) is 57.8. The molecule has 1 amide bonds. The molecule has 3 N–H and O–H groups in total. The van der Waals surface area contributed by atoms with Gasteiger partial charge in [-0.3, -0.25) is 9.59 Å². The molecule has 0 radical (unpaired) electrons. The van der Waals surface area contributed by atoms with E-state index in [9.17, 15) is 19.8 Å². The number of rotatable bonds is 43. The van der Waals surface area contributed by atoms with Gasteiger partial charge >= 0.3 is 5.97 Å². The average molecular weight is 848 g/mol. The summed E-state index contributed by atoms with van der Waals surface area (Å²) in [5, 5.41) is 23.7. The molecule has 0 spiro atoms. The van der Waals surface area contributed by atoms with Gasteiger partial charge in [0.2, 0.25) is 5.91 Å². The van der Waals surface area contributed by atoms with E-state index in [1.165, 1.54) is 51.4 Å². The second-order valence-corrected chi connectivity index (χ2v) is 16.4. The Balaban J connectivity index is 4.77. The van der Waals surface area contributed by atoms with E-state index in [0.29, 0.717) is 19.3 Å². The maximum absolute atomic E-state index is 13.2. The van der Waals surface area contributed by atoms with Crippen LogP contribution in [0.15, 0.2) is 97.2 Å². The molecule has 0 bridgehead atoms. The Morgan fingerprint density at radius 2 is 0.902 bits per heavy atom. The fourth-order valence-corrected chi connectivity index (χ4v) is 6.95. The first-order chi connectivity index (χ1) is 30.0. The molecule has 3 atom stereocenters. The van der Waals surface area contributed by atoms with Crippen molar-refractivity contribution in [2.75, 3.05) is 6.61 Å². The summed E-state index contributed by atoms with van der Waals surface area (Å²) >= 11 is 0.